The molecule has 0 spiro atoms. The lowest BCUT2D eigenvalue weighted by Gasteiger charge is -2.18. The van der Waals surface area contributed by atoms with Crippen LogP contribution >= 0.6 is 0 Å². The smallest absolute Gasteiger partial charge is 0.344 e. The lowest BCUT2D eigenvalue weighted by molar-refractivity contribution is -0.144. The van der Waals surface area contributed by atoms with E-state index in [9.17, 15) is 9.90 Å². The number of rotatable bonds is 6. The van der Waals surface area contributed by atoms with Gasteiger partial charge < -0.3 is 14.6 Å². The van der Waals surface area contributed by atoms with Gasteiger partial charge in [-0.1, -0.05) is 30.3 Å². The average Bonchev–Trinajstić information content (AvgIpc) is 2.90. The molecule has 1 atom stereocenters. The summed E-state index contributed by atoms with van der Waals surface area (Å²) in [6, 6.07) is 13.4. The Morgan fingerprint density at radius 3 is 2.36 bits per heavy atom. The zero-order valence-electron chi connectivity index (χ0n) is 16.7. The van der Waals surface area contributed by atoms with Crippen LogP contribution in [-0.2, 0) is 11.8 Å². The molecule has 1 heterocycles. The molecule has 0 aliphatic heterocycles. The highest BCUT2D eigenvalue weighted by Gasteiger charge is 2.19. The third-order valence-corrected chi connectivity index (χ3v) is 4.68. The molecule has 0 aliphatic rings. The number of benzene rings is 2. The van der Waals surface area contributed by atoms with E-state index >= 15 is 0 Å². The summed E-state index contributed by atoms with van der Waals surface area (Å²) >= 11 is 0. The third-order valence-electron chi connectivity index (χ3n) is 4.68. The highest BCUT2D eigenvalue weighted by molar-refractivity contribution is 5.76. The van der Waals surface area contributed by atoms with E-state index in [0.717, 1.165) is 27.9 Å². The molecule has 0 amide bonds. The normalized spacial score (nSPS) is 11.9. The van der Waals surface area contributed by atoms with Gasteiger partial charge in [0.25, 0.3) is 0 Å². The van der Waals surface area contributed by atoms with Crippen LogP contribution in [0.1, 0.15) is 23.7 Å². The van der Waals surface area contributed by atoms with E-state index in [0.29, 0.717) is 17.4 Å². The lowest BCUT2D eigenvalue weighted by Crippen LogP contribution is -2.23. The number of hydrogen-bond acceptors (Lipinski definition) is 4. The Hall–Kier alpha value is -3.28. The summed E-state index contributed by atoms with van der Waals surface area (Å²) in [5.74, 6) is 0.669. The van der Waals surface area contributed by atoms with Gasteiger partial charge in [-0.25, -0.2) is 9.48 Å². The van der Waals surface area contributed by atoms with Crippen molar-refractivity contribution < 1.29 is 19.4 Å². The van der Waals surface area contributed by atoms with Crippen LogP contribution in [0.3, 0.4) is 0 Å². The van der Waals surface area contributed by atoms with Crippen molar-refractivity contribution in [2.75, 3.05) is 0 Å². The van der Waals surface area contributed by atoms with Crippen LogP contribution in [-0.4, -0.2) is 27.0 Å². The Kier molecular flexibility index (Phi) is 5.40. The molecule has 0 unspecified atom stereocenters. The molecule has 0 fully saturated rings. The third kappa shape index (κ3) is 3.86. The second-order valence-corrected chi connectivity index (χ2v) is 6.82. The molecule has 0 aliphatic carbocycles. The first-order valence-corrected chi connectivity index (χ1v) is 9.05. The zero-order valence-corrected chi connectivity index (χ0v) is 16.7. The lowest BCUT2D eigenvalue weighted by atomic mass is 10.0. The van der Waals surface area contributed by atoms with Crippen molar-refractivity contribution in [2.45, 2.75) is 33.8 Å². The van der Waals surface area contributed by atoms with E-state index in [1.807, 2.05) is 64.2 Å². The van der Waals surface area contributed by atoms with Gasteiger partial charge in [0, 0.05) is 24.2 Å². The minimum Gasteiger partial charge on any atom is -0.479 e. The predicted molar refractivity (Wildman–Crippen MR) is 107 cm³/mol. The predicted octanol–water partition coefficient (Wildman–Crippen LogP) is 4.66. The molecule has 1 N–H and O–H groups in total. The molecule has 0 radical (unpaired) electrons. The first kappa shape index (κ1) is 19.5. The summed E-state index contributed by atoms with van der Waals surface area (Å²) in [5.41, 5.74) is 4.52. The van der Waals surface area contributed by atoms with Gasteiger partial charge in [-0.15, -0.1) is 0 Å². The Morgan fingerprint density at radius 1 is 1.11 bits per heavy atom. The molecule has 0 saturated heterocycles. The van der Waals surface area contributed by atoms with E-state index in [1.54, 1.807) is 10.7 Å². The number of carbonyl (C=O) groups is 1. The minimum atomic E-state index is -1.03. The Bertz CT molecular complexity index is 1010. The van der Waals surface area contributed by atoms with E-state index in [4.69, 9.17) is 9.47 Å². The van der Waals surface area contributed by atoms with Gasteiger partial charge in [0.15, 0.2) is 6.10 Å². The number of carboxylic acids is 1. The Balaban J connectivity index is 2.08. The second kappa shape index (κ2) is 7.76. The SMILES string of the molecule is Cc1cc(-c2ccccc2)c(O[C@@H](C)C(=O)O)cc1Oc1c(C)c(C)nn1C. The summed E-state index contributed by atoms with van der Waals surface area (Å²) in [6.07, 6.45) is -0.987. The fourth-order valence-electron chi connectivity index (χ4n) is 2.95. The average molecular weight is 380 g/mol. The molecular weight excluding hydrogens is 356 g/mol. The van der Waals surface area contributed by atoms with Gasteiger partial charge in [0.1, 0.15) is 11.5 Å². The molecule has 3 rings (SSSR count). The van der Waals surface area contributed by atoms with Gasteiger partial charge in [-0.2, -0.15) is 5.10 Å². The van der Waals surface area contributed by atoms with Crippen molar-refractivity contribution in [1.29, 1.82) is 0 Å². The largest absolute Gasteiger partial charge is 0.479 e. The van der Waals surface area contributed by atoms with Crippen LogP contribution in [0.5, 0.6) is 17.4 Å². The number of aliphatic carboxylic acids is 1. The summed E-state index contributed by atoms with van der Waals surface area (Å²) < 4.78 is 13.6. The number of aromatic nitrogens is 2. The van der Waals surface area contributed by atoms with Crippen molar-refractivity contribution in [3.8, 4) is 28.5 Å². The standard InChI is InChI=1S/C22H24N2O4/c1-13-11-18(17-9-7-6-8-10-17)20(27-16(4)22(25)26)12-19(13)28-21-14(2)15(3)23-24(21)5/h6-12,16H,1-5H3,(H,25,26)/t16-/m0/s1. The van der Waals surface area contributed by atoms with Crippen molar-refractivity contribution in [2.24, 2.45) is 7.05 Å². The maximum atomic E-state index is 11.3. The van der Waals surface area contributed by atoms with E-state index < -0.39 is 12.1 Å². The van der Waals surface area contributed by atoms with Crippen LogP contribution < -0.4 is 9.47 Å². The van der Waals surface area contributed by atoms with Crippen LogP contribution in [0, 0.1) is 20.8 Å². The fraction of sp³-hybridized carbons (Fsp3) is 0.273. The summed E-state index contributed by atoms with van der Waals surface area (Å²) in [7, 11) is 1.83. The molecule has 0 saturated carbocycles. The molecule has 3 aromatic rings. The van der Waals surface area contributed by atoms with E-state index in [1.165, 1.54) is 6.92 Å². The highest BCUT2D eigenvalue weighted by Crippen LogP contribution is 2.39. The maximum Gasteiger partial charge on any atom is 0.344 e. The Morgan fingerprint density at radius 2 is 1.79 bits per heavy atom. The zero-order chi connectivity index (χ0) is 20.4. The van der Waals surface area contributed by atoms with Crippen LogP contribution in [0.4, 0.5) is 0 Å². The molecule has 2 aromatic carbocycles. The molecule has 6 nitrogen and oxygen atoms in total. The number of aryl methyl sites for hydroxylation is 3. The molecule has 1 aromatic heterocycles. The van der Waals surface area contributed by atoms with Crippen molar-refractivity contribution >= 4 is 5.97 Å². The minimum absolute atomic E-state index is 0.457. The molecule has 6 heteroatoms. The van der Waals surface area contributed by atoms with Gasteiger partial charge in [0.2, 0.25) is 5.88 Å². The molecular formula is C22H24N2O4. The van der Waals surface area contributed by atoms with Crippen molar-refractivity contribution in [3.05, 3.63) is 59.3 Å². The number of ether oxygens (including phenoxy) is 2. The summed E-state index contributed by atoms with van der Waals surface area (Å²) in [6.45, 7) is 7.34. The van der Waals surface area contributed by atoms with Crippen LogP contribution in [0.2, 0.25) is 0 Å². The molecule has 0 bridgehead atoms. The van der Waals surface area contributed by atoms with E-state index in [-0.39, 0.29) is 0 Å². The number of hydrogen-bond donors (Lipinski definition) is 1. The summed E-state index contributed by atoms with van der Waals surface area (Å²) in [5, 5.41) is 13.6. The van der Waals surface area contributed by atoms with Crippen molar-refractivity contribution in [3.63, 3.8) is 0 Å². The van der Waals surface area contributed by atoms with Crippen LogP contribution in [0.25, 0.3) is 11.1 Å². The van der Waals surface area contributed by atoms with Gasteiger partial charge >= 0.3 is 5.97 Å². The number of carboxylic acid groups (broad SMARTS) is 1. The summed E-state index contributed by atoms with van der Waals surface area (Å²) in [4.78, 5) is 11.3. The highest BCUT2D eigenvalue weighted by atomic mass is 16.5. The first-order valence-electron chi connectivity index (χ1n) is 9.05. The molecule has 146 valence electrons. The number of nitrogens with zero attached hydrogens (tertiary/aromatic N) is 2. The second-order valence-electron chi connectivity index (χ2n) is 6.82. The van der Waals surface area contributed by atoms with E-state index in [2.05, 4.69) is 5.10 Å². The monoisotopic (exact) mass is 380 g/mol. The topological polar surface area (TPSA) is 73.6 Å². The quantitative estimate of drug-likeness (QED) is 0.673. The van der Waals surface area contributed by atoms with Gasteiger partial charge in [-0.05, 0) is 44.9 Å². The fourth-order valence-corrected chi connectivity index (χ4v) is 2.95. The first-order chi connectivity index (χ1) is 13.3. The van der Waals surface area contributed by atoms with Gasteiger partial charge in [0.05, 0.1) is 5.69 Å². The van der Waals surface area contributed by atoms with Crippen LogP contribution in [0.15, 0.2) is 42.5 Å². The van der Waals surface area contributed by atoms with Crippen molar-refractivity contribution in [1.82, 2.24) is 9.78 Å². The molecule has 28 heavy (non-hydrogen) atoms. The van der Waals surface area contributed by atoms with Gasteiger partial charge in [-0.3, -0.25) is 0 Å². The maximum absolute atomic E-state index is 11.3. The Labute approximate surface area is 164 Å².